The van der Waals surface area contributed by atoms with Crippen molar-refractivity contribution < 1.29 is 5.11 Å². The van der Waals surface area contributed by atoms with Crippen molar-refractivity contribution in [2.24, 2.45) is 5.92 Å². The number of unbranched alkanes of at least 4 members (excludes halogenated alkanes) is 1. The Morgan fingerprint density at radius 1 is 1.13 bits per heavy atom. The summed E-state index contributed by atoms with van der Waals surface area (Å²) in [7, 11) is 0. The summed E-state index contributed by atoms with van der Waals surface area (Å²) in [6.45, 7) is 4.48. The molecule has 0 saturated heterocycles. The van der Waals surface area contributed by atoms with E-state index in [1.807, 2.05) is 0 Å². The van der Waals surface area contributed by atoms with Crippen LogP contribution in [0.4, 0.5) is 0 Å². The minimum Gasteiger partial charge on any atom is -0.390 e. The molecule has 15 heavy (non-hydrogen) atoms. The largest absolute Gasteiger partial charge is 0.390 e. The van der Waals surface area contributed by atoms with E-state index in [-0.39, 0.29) is 5.60 Å². The second kappa shape index (κ2) is 6.52. The molecule has 0 aromatic heterocycles. The number of aliphatic hydroxyl groups is 1. The van der Waals surface area contributed by atoms with Crippen LogP contribution in [0.2, 0.25) is 0 Å². The average molecular weight is 212 g/mol. The van der Waals surface area contributed by atoms with Gasteiger partial charge in [0.1, 0.15) is 0 Å². The minimum absolute atomic E-state index is 0.307. The van der Waals surface area contributed by atoms with Gasteiger partial charge in [-0.05, 0) is 31.6 Å². The van der Waals surface area contributed by atoms with Gasteiger partial charge in [0, 0.05) is 0 Å². The molecule has 1 N–H and O–H groups in total. The molecule has 2 unspecified atom stereocenters. The third-order valence-corrected chi connectivity index (χ3v) is 3.97. The molecule has 0 amide bonds. The lowest BCUT2D eigenvalue weighted by molar-refractivity contribution is 0.0133. The van der Waals surface area contributed by atoms with Crippen LogP contribution in [-0.2, 0) is 0 Å². The summed E-state index contributed by atoms with van der Waals surface area (Å²) in [5, 5.41) is 10.5. The normalized spacial score (nSPS) is 32.6. The number of hydrogen-bond acceptors (Lipinski definition) is 1. The van der Waals surface area contributed by atoms with E-state index >= 15 is 0 Å². The Morgan fingerprint density at radius 3 is 2.60 bits per heavy atom. The monoisotopic (exact) mass is 212 g/mol. The molecule has 1 saturated carbocycles. The third-order valence-electron chi connectivity index (χ3n) is 3.97. The van der Waals surface area contributed by atoms with Gasteiger partial charge < -0.3 is 5.11 Å². The van der Waals surface area contributed by atoms with Crippen LogP contribution in [0, 0.1) is 5.92 Å². The highest BCUT2D eigenvalue weighted by molar-refractivity contribution is 4.83. The van der Waals surface area contributed by atoms with Crippen molar-refractivity contribution >= 4 is 0 Å². The first kappa shape index (κ1) is 13.0. The maximum absolute atomic E-state index is 10.5. The second-order valence-electron chi connectivity index (χ2n) is 5.41. The Kier molecular flexibility index (Phi) is 5.66. The highest BCUT2D eigenvalue weighted by atomic mass is 16.3. The SMILES string of the molecule is CCCCC1(O)CCCC(CCC)CC1. The van der Waals surface area contributed by atoms with Gasteiger partial charge in [-0.2, -0.15) is 0 Å². The van der Waals surface area contributed by atoms with Crippen LogP contribution >= 0.6 is 0 Å². The Bertz CT molecular complexity index is 167. The van der Waals surface area contributed by atoms with E-state index < -0.39 is 0 Å². The molecule has 1 heteroatoms. The lowest BCUT2D eigenvalue weighted by Gasteiger charge is -2.26. The van der Waals surface area contributed by atoms with Crippen molar-refractivity contribution in [3.05, 3.63) is 0 Å². The summed E-state index contributed by atoms with van der Waals surface area (Å²) in [6.07, 6.45) is 12.0. The zero-order chi connectivity index (χ0) is 11.1. The highest BCUT2D eigenvalue weighted by Gasteiger charge is 2.29. The molecule has 1 aliphatic carbocycles. The first-order chi connectivity index (χ1) is 7.20. The molecular weight excluding hydrogens is 184 g/mol. The maximum Gasteiger partial charge on any atom is 0.0648 e. The standard InChI is InChI=1S/C14H28O/c1-3-5-10-14(15)11-6-8-13(7-4-2)9-12-14/h13,15H,3-12H2,1-2H3. The van der Waals surface area contributed by atoms with Crippen LogP contribution in [-0.4, -0.2) is 10.7 Å². The molecule has 0 bridgehead atoms. The van der Waals surface area contributed by atoms with Gasteiger partial charge in [-0.1, -0.05) is 52.4 Å². The van der Waals surface area contributed by atoms with Crippen LogP contribution < -0.4 is 0 Å². The van der Waals surface area contributed by atoms with E-state index in [1.165, 1.54) is 44.9 Å². The van der Waals surface area contributed by atoms with Gasteiger partial charge in [0.15, 0.2) is 0 Å². The van der Waals surface area contributed by atoms with Crippen LogP contribution in [0.3, 0.4) is 0 Å². The molecule has 2 atom stereocenters. The predicted molar refractivity (Wildman–Crippen MR) is 66.0 cm³/mol. The quantitative estimate of drug-likeness (QED) is 0.674. The summed E-state index contributed by atoms with van der Waals surface area (Å²) in [5.41, 5.74) is -0.307. The molecule has 0 radical (unpaired) electrons. The molecule has 90 valence electrons. The molecule has 0 heterocycles. The molecule has 1 fully saturated rings. The van der Waals surface area contributed by atoms with Gasteiger partial charge in [-0.3, -0.25) is 0 Å². The van der Waals surface area contributed by atoms with E-state index in [1.54, 1.807) is 0 Å². The fourth-order valence-electron chi connectivity index (χ4n) is 2.91. The van der Waals surface area contributed by atoms with Gasteiger partial charge in [0.25, 0.3) is 0 Å². The fraction of sp³-hybridized carbons (Fsp3) is 1.00. The molecule has 0 aromatic carbocycles. The van der Waals surface area contributed by atoms with Gasteiger partial charge in [0.05, 0.1) is 5.60 Å². The van der Waals surface area contributed by atoms with Crippen molar-refractivity contribution in [2.75, 3.05) is 0 Å². The topological polar surface area (TPSA) is 20.2 Å². The van der Waals surface area contributed by atoms with E-state index in [4.69, 9.17) is 0 Å². The minimum atomic E-state index is -0.307. The predicted octanol–water partition coefficient (Wildman–Crippen LogP) is 4.29. The fourth-order valence-corrected chi connectivity index (χ4v) is 2.91. The van der Waals surface area contributed by atoms with Crippen LogP contribution in [0.15, 0.2) is 0 Å². The van der Waals surface area contributed by atoms with Crippen molar-refractivity contribution in [3.63, 3.8) is 0 Å². The molecular formula is C14H28O. The Balaban J connectivity index is 2.36. The van der Waals surface area contributed by atoms with Crippen LogP contribution in [0.25, 0.3) is 0 Å². The first-order valence-electron chi connectivity index (χ1n) is 6.92. The Labute approximate surface area is 95.3 Å². The Hall–Kier alpha value is -0.0400. The van der Waals surface area contributed by atoms with Crippen molar-refractivity contribution in [2.45, 2.75) is 83.7 Å². The summed E-state index contributed by atoms with van der Waals surface area (Å²) in [4.78, 5) is 0. The lowest BCUT2D eigenvalue weighted by atomic mass is 9.88. The van der Waals surface area contributed by atoms with E-state index in [2.05, 4.69) is 13.8 Å². The molecule has 1 nitrogen and oxygen atoms in total. The zero-order valence-electron chi connectivity index (χ0n) is 10.6. The van der Waals surface area contributed by atoms with Gasteiger partial charge in [-0.15, -0.1) is 0 Å². The van der Waals surface area contributed by atoms with Crippen molar-refractivity contribution in [3.8, 4) is 0 Å². The van der Waals surface area contributed by atoms with Gasteiger partial charge in [0.2, 0.25) is 0 Å². The van der Waals surface area contributed by atoms with E-state index in [0.29, 0.717) is 0 Å². The zero-order valence-corrected chi connectivity index (χ0v) is 10.6. The molecule has 1 rings (SSSR count). The summed E-state index contributed by atoms with van der Waals surface area (Å²) in [6, 6.07) is 0. The average Bonchev–Trinajstić information content (AvgIpc) is 2.40. The van der Waals surface area contributed by atoms with Crippen LogP contribution in [0.1, 0.15) is 78.1 Å². The smallest absolute Gasteiger partial charge is 0.0648 e. The summed E-state index contributed by atoms with van der Waals surface area (Å²) < 4.78 is 0. The molecule has 1 aliphatic rings. The second-order valence-corrected chi connectivity index (χ2v) is 5.41. The summed E-state index contributed by atoms with van der Waals surface area (Å²) in [5.74, 6) is 0.894. The number of hydrogen-bond donors (Lipinski definition) is 1. The van der Waals surface area contributed by atoms with E-state index in [0.717, 1.165) is 25.2 Å². The highest BCUT2D eigenvalue weighted by Crippen LogP contribution is 2.35. The van der Waals surface area contributed by atoms with Crippen LogP contribution in [0.5, 0.6) is 0 Å². The van der Waals surface area contributed by atoms with Gasteiger partial charge >= 0.3 is 0 Å². The lowest BCUT2D eigenvalue weighted by Crippen LogP contribution is -2.27. The third kappa shape index (κ3) is 4.55. The van der Waals surface area contributed by atoms with Crippen molar-refractivity contribution in [1.29, 1.82) is 0 Å². The molecule has 0 spiro atoms. The van der Waals surface area contributed by atoms with Crippen molar-refractivity contribution in [1.82, 2.24) is 0 Å². The molecule has 0 aromatic rings. The summed E-state index contributed by atoms with van der Waals surface area (Å²) >= 11 is 0. The Morgan fingerprint density at radius 2 is 1.93 bits per heavy atom. The number of rotatable bonds is 5. The maximum atomic E-state index is 10.5. The van der Waals surface area contributed by atoms with E-state index in [9.17, 15) is 5.11 Å². The molecule has 0 aliphatic heterocycles. The van der Waals surface area contributed by atoms with Gasteiger partial charge in [-0.25, -0.2) is 0 Å². The first-order valence-corrected chi connectivity index (χ1v) is 6.92.